The molecule has 0 aromatic heterocycles. The third kappa shape index (κ3) is 2.85. The van der Waals surface area contributed by atoms with Gasteiger partial charge in [-0.1, -0.05) is 55.1 Å². The number of hydrogen-bond donors (Lipinski definition) is 0. The van der Waals surface area contributed by atoms with E-state index in [4.69, 9.17) is 0 Å². The Morgan fingerprint density at radius 2 is 1.62 bits per heavy atom. The van der Waals surface area contributed by atoms with Gasteiger partial charge in [0.2, 0.25) is 0 Å². The number of hydrogen-bond acceptors (Lipinski definition) is 3. The molecule has 0 heterocycles. The molecule has 0 atom stereocenters. The molecular formula is C16H13NaO3S. The first kappa shape index (κ1) is 16.0. The second-order valence-corrected chi connectivity index (χ2v) is 5.90. The SMILES string of the molecule is C=COS(=O)(=O)c1cccc2c1ccc1ccccc12.[H-].[Na+]. The molecule has 0 fully saturated rings. The van der Waals surface area contributed by atoms with Crippen molar-refractivity contribution in [2.45, 2.75) is 4.90 Å². The maximum atomic E-state index is 12.1. The number of rotatable bonds is 3. The molecule has 0 unspecified atom stereocenters. The molecule has 0 aliphatic rings. The number of benzene rings is 3. The maximum Gasteiger partial charge on any atom is 1.00 e. The van der Waals surface area contributed by atoms with E-state index in [1.165, 1.54) is 6.07 Å². The van der Waals surface area contributed by atoms with Crippen molar-refractivity contribution in [1.29, 1.82) is 0 Å². The first-order valence-electron chi connectivity index (χ1n) is 6.08. The van der Waals surface area contributed by atoms with Gasteiger partial charge in [0.15, 0.2) is 0 Å². The van der Waals surface area contributed by atoms with E-state index in [0.29, 0.717) is 5.39 Å². The quantitative estimate of drug-likeness (QED) is 0.313. The molecule has 21 heavy (non-hydrogen) atoms. The van der Waals surface area contributed by atoms with Crippen LogP contribution in [0.2, 0.25) is 0 Å². The molecule has 0 radical (unpaired) electrons. The zero-order valence-electron chi connectivity index (χ0n) is 12.6. The van der Waals surface area contributed by atoms with E-state index in [2.05, 4.69) is 10.8 Å². The van der Waals surface area contributed by atoms with E-state index >= 15 is 0 Å². The van der Waals surface area contributed by atoms with Crippen molar-refractivity contribution in [3.8, 4) is 0 Å². The summed E-state index contributed by atoms with van der Waals surface area (Å²) >= 11 is 0. The zero-order valence-corrected chi connectivity index (χ0v) is 14.4. The Labute approximate surface area is 147 Å². The average molecular weight is 308 g/mol. The molecule has 3 aromatic rings. The van der Waals surface area contributed by atoms with E-state index in [0.717, 1.165) is 22.4 Å². The molecule has 0 amide bonds. The molecule has 0 spiro atoms. The van der Waals surface area contributed by atoms with Crippen LogP contribution in [0.3, 0.4) is 0 Å². The molecule has 0 aliphatic heterocycles. The van der Waals surface area contributed by atoms with E-state index in [1.807, 2.05) is 36.4 Å². The summed E-state index contributed by atoms with van der Waals surface area (Å²) in [6.45, 7) is 3.30. The summed E-state index contributed by atoms with van der Waals surface area (Å²) in [6.07, 6.45) is 0.926. The van der Waals surface area contributed by atoms with Crippen LogP contribution in [-0.2, 0) is 14.3 Å². The van der Waals surface area contributed by atoms with Gasteiger partial charge in [-0.05, 0) is 22.2 Å². The molecule has 0 bridgehead atoms. The minimum absolute atomic E-state index is 0. The van der Waals surface area contributed by atoms with Gasteiger partial charge in [-0.3, -0.25) is 0 Å². The smallest absolute Gasteiger partial charge is 1.00 e. The molecule has 5 heteroatoms. The minimum atomic E-state index is -3.82. The van der Waals surface area contributed by atoms with Crippen LogP contribution in [0, 0.1) is 0 Å². The van der Waals surface area contributed by atoms with Crippen molar-refractivity contribution >= 4 is 31.7 Å². The Morgan fingerprint density at radius 1 is 0.905 bits per heavy atom. The van der Waals surface area contributed by atoms with Crippen LogP contribution in [-0.4, -0.2) is 8.42 Å². The van der Waals surface area contributed by atoms with Crippen molar-refractivity contribution in [3.05, 3.63) is 67.4 Å². The number of fused-ring (bicyclic) bond motifs is 3. The summed E-state index contributed by atoms with van der Waals surface area (Å²) in [4.78, 5) is 0.153. The van der Waals surface area contributed by atoms with Gasteiger partial charge in [0.05, 0.1) is 6.26 Å². The third-order valence-electron chi connectivity index (χ3n) is 3.21. The van der Waals surface area contributed by atoms with Gasteiger partial charge in [0, 0.05) is 5.39 Å². The average Bonchev–Trinajstić information content (AvgIpc) is 2.46. The maximum absolute atomic E-state index is 12.1. The molecule has 102 valence electrons. The molecule has 3 rings (SSSR count). The molecule has 3 nitrogen and oxygen atoms in total. The fourth-order valence-corrected chi connectivity index (χ4v) is 3.35. The first-order valence-corrected chi connectivity index (χ1v) is 7.49. The summed E-state index contributed by atoms with van der Waals surface area (Å²) in [5.74, 6) is 0. The van der Waals surface area contributed by atoms with Gasteiger partial charge in [0.1, 0.15) is 4.90 Å². The van der Waals surface area contributed by atoms with E-state index in [1.54, 1.807) is 12.1 Å². The van der Waals surface area contributed by atoms with Crippen molar-refractivity contribution in [2.24, 2.45) is 0 Å². The normalized spacial score (nSPS) is 11.0. The summed E-state index contributed by atoms with van der Waals surface area (Å²) in [5.41, 5.74) is 0. The van der Waals surface area contributed by atoms with Gasteiger partial charge in [-0.15, -0.1) is 0 Å². The van der Waals surface area contributed by atoms with Gasteiger partial charge < -0.3 is 5.61 Å². The monoisotopic (exact) mass is 308 g/mol. The second kappa shape index (κ2) is 6.20. The molecular weight excluding hydrogens is 295 g/mol. The largest absolute Gasteiger partial charge is 1.00 e. The van der Waals surface area contributed by atoms with Gasteiger partial charge in [-0.25, -0.2) is 0 Å². The zero-order chi connectivity index (χ0) is 14.2. The van der Waals surface area contributed by atoms with Crippen molar-refractivity contribution in [3.63, 3.8) is 0 Å². The predicted molar refractivity (Wildman–Crippen MR) is 81.0 cm³/mol. The van der Waals surface area contributed by atoms with Crippen LogP contribution >= 0.6 is 0 Å². The van der Waals surface area contributed by atoms with Crippen molar-refractivity contribution in [2.75, 3.05) is 0 Å². The van der Waals surface area contributed by atoms with Gasteiger partial charge >= 0.3 is 39.7 Å². The molecule has 3 aromatic carbocycles. The van der Waals surface area contributed by atoms with Crippen LogP contribution in [0.25, 0.3) is 21.5 Å². The molecule has 0 N–H and O–H groups in total. The minimum Gasteiger partial charge on any atom is -1.00 e. The van der Waals surface area contributed by atoms with Crippen molar-refractivity contribution < 1.29 is 43.6 Å². The van der Waals surface area contributed by atoms with Gasteiger partial charge in [0.25, 0.3) is 0 Å². The Bertz CT molecular complexity index is 923. The Kier molecular flexibility index (Phi) is 4.74. The summed E-state index contributed by atoms with van der Waals surface area (Å²) in [6, 6.07) is 16.7. The standard InChI is InChI=1S/C16H12O3S.Na.H/c1-2-19-20(17,18)16-9-5-8-14-13-7-4-3-6-12(13)10-11-15(14)16;;/h2-11H,1H2;;/q;+1;-1. The molecule has 0 saturated heterocycles. The van der Waals surface area contributed by atoms with Crippen LogP contribution < -0.4 is 29.6 Å². The predicted octanol–water partition coefficient (Wildman–Crippen LogP) is 0.958. The molecule has 0 aliphatic carbocycles. The topological polar surface area (TPSA) is 43.4 Å². The van der Waals surface area contributed by atoms with Crippen LogP contribution in [0.5, 0.6) is 0 Å². The van der Waals surface area contributed by atoms with E-state index in [-0.39, 0.29) is 35.9 Å². The van der Waals surface area contributed by atoms with Gasteiger partial charge in [-0.2, -0.15) is 8.42 Å². The fraction of sp³-hybridized carbons (Fsp3) is 0. The van der Waals surface area contributed by atoms with Crippen LogP contribution in [0.15, 0.2) is 72.3 Å². The summed E-state index contributed by atoms with van der Waals surface area (Å²) < 4.78 is 28.8. The molecule has 0 saturated carbocycles. The third-order valence-corrected chi connectivity index (χ3v) is 4.49. The summed E-state index contributed by atoms with van der Waals surface area (Å²) in [7, 11) is -3.82. The Hall–Kier alpha value is -1.33. The van der Waals surface area contributed by atoms with Crippen LogP contribution in [0.4, 0.5) is 0 Å². The second-order valence-electron chi connectivity index (χ2n) is 4.35. The van der Waals surface area contributed by atoms with E-state index in [9.17, 15) is 8.42 Å². The Morgan fingerprint density at radius 3 is 2.38 bits per heavy atom. The Balaban J connectivity index is 0.00000121. The first-order chi connectivity index (χ1) is 9.63. The fourth-order valence-electron chi connectivity index (χ4n) is 2.37. The van der Waals surface area contributed by atoms with Crippen LogP contribution in [0.1, 0.15) is 1.43 Å². The van der Waals surface area contributed by atoms with E-state index < -0.39 is 10.1 Å². The van der Waals surface area contributed by atoms with Crippen molar-refractivity contribution in [1.82, 2.24) is 0 Å². The summed E-state index contributed by atoms with van der Waals surface area (Å²) in [5, 5.41) is 3.62.